The predicted molar refractivity (Wildman–Crippen MR) is 70.1 cm³/mol. The Balaban J connectivity index is 2.52. The molecule has 0 aliphatic heterocycles. The highest BCUT2D eigenvalue weighted by Gasteiger charge is 2.17. The molecule has 1 aromatic heterocycles. The average Bonchev–Trinajstić information content (AvgIpc) is 2.42. The topological polar surface area (TPSA) is 39.2 Å². The number of hydrogen-bond acceptors (Lipinski definition) is 3. The summed E-state index contributed by atoms with van der Waals surface area (Å²) in [5.74, 6) is 0.515. The lowest BCUT2D eigenvalue weighted by Crippen LogP contribution is -2.07. The van der Waals surface area contributed by atoms with Crippen molar-refractivity contribution in [3.63, 3.8) is 0 Å². The molecule has 2 aromatic rings. The monoisotopic (exact) mass is 241 g/mol. The maximum Gasteiger partial charge on any atom is 0.215 e. The quantitative estimate of drug-likeness (QED) is 0.775. The minimum atomic E-state index is -0.115. The third kappa shape index (κ3) is 2.12. The second-order valence-corrected chi connectivity index (χ2v) is 4.13. The number of ketones is 1. The molecule has 1 heterocycles. The van der Waals surface area contributed by atoms with Gasteiger partial charge in [0.1, 0.15) is 11.4 Å². The number of rotatable bonds is 3. The second kappa shape index (κ2) is 5.00. The van der Waals surface area contributed by atoms with Gasteiger partial charge in [0.25, 0.3) is 0 Å². The summed E-state index contributed by atoms with van der Waals surface area (Å²) in [6, 6.07) is 9.01. The Kier molecular flexibility index (Phi) is 3.42. The Labute approximate surface area is 106 Å². The number of pyridine rings is 1. The van der Waals surface area contributed by atoms with E-state index >= 15 is 0 Å². The van der Waals surface area contributed by atoms with Crippen LogP contribution in [0.3, 0.4) is 0 Å². The van der Waals surface area contributed by atoms with Crippen LogP contribution in [0.2, 0.25) is 0 Å². The Bertz CT molecular complexity index is 577. The van der Waals surface area contributed by atoms with Gasteiger partial charge in [0.15, 0.2) is 0 Å². The van der Waals surface area contributed by atoms with Gasteiger partial charge in [0.05, 0.1) is 12.7 Å². The van der Waals surface area contributed by atoms with Crippen molar-refractivity contribution < 1.29 is 9.53 Å². The van der Waals surface area contributed by atoms with Gasteiger partial charge < -0.3 is 4.74 Å². The molecule has 0 amide bonds. The van der Waals surface area contributed by atoms with E-state index < -0.39 is 0 Å². The molecule has 3 nitrogen and oxygen atoms in total. The molecular formula is C15H15NO2. The van der Waals surface area contributed by atoms with Crippen molar-refractivity contribution in [2.24, 2.45) is 0 Å². The first-order valence-corrected chi connectivity index (χ1v) is 5.75. The molecule has 18 heavy (non-hydrogen) atoms. The standard InChI is InChI=1S/C15H15NO2/c1-10-7-8-12(15(18-3)11(10)2)14(17)13-6-4-5-9-16-13/h4-9H,1-3H3. The largest absolute Gasteiger partial charge is 0.496 e. The van der Waals surface area contributed by atoms with Gasteiger partial charge in [-0.1, -0.05) is 12.1 Å². The summed E-state index contributed by atoms with van der Waals surface area (Å²) in [7, 11) is 1.58. The van der Waals surface area contributed by atoms with E-state index in [1.807, 2.05) is 19.9 Å². The van der Waals surface area contributed by atoms with Crippen LogP contribution >= 0.6 is 0 Å². The zero-order chi connectivity index (χ0) is 13.1. The molecule has 0 fully saturated rings. The van der Waals surface area contributed by atoms with E-state index in [0.29, 0.717) is 17.0 Å². The molecule has 2 rings (SSSR count). The van der Waals surface area contributed by atoms with E-state index in [1.54, 1.807) is 37.6 Å². The summed E-state index contributed by atoms with van der Waals surface area (Å²) < 4.78 is 5.35. The highest BCUT2D eigenvalue weighted by molar-refractivity contribution is 6.09. The van der Waals surface area contributed by atoms with Crippen LogP contribution in [0.4, 0.5) is 0 Å². The van der Waals surface area contributed by atoms with Crippen LogP contribution in [0.25, 0.3) is 0 Å². The van der Waals surface area contributed by atoms with Gasteiger partial charge in [-0.25, -0.2) is 0 Å². The number of ether oxygens (including phenoxy) is 1. The number of aryl methyl sites for hydroxylation is 1. The molecule has 0 saturated carbocycles. The van der Waals surface area contributed by atoms with Gasteiger partial charge >= 0.3 is 0 Å². The lowest BCUT2D eigenvalue weighted by molar-refractivity contribution is 0.103. The fourth-order valence-corrected chi connectivity index (χ4v) is 1.87. The average molecular weight is 241 g/mol. The van der Waals surface area contributed by atoms with Crippen molar-refractivity contribution in [2.75, 3.05) is 7.11 Å². The minimum Gasteiger partial charge on any atom is -0.496 e. The van der Waals surface area contributed by atoms with E-state index in [1.165, 1.54) is 0 Å². The van der Waals surface area contributed by atoms with Crippen molar-refractivity contribution in [1.82, 2.24) is 4.98 Å². The molecule has 0 N–H and O–H groups in total. The minimum absolute atomic E-state index is 0.115. The van der Waals surface area contributed by atoms with Crippen molar-refractivity contribution in [3.8, 4) is 5.75 Å². The summed E-state index contributed by atoms with van der Waals surface area (Å²) >= 11 is 0. The summed E-state index contributed by atoms with van der Waals surface area (Å²) in [5, 5.41) is 0. The number of carbonyl (C=O) groups excluding carboxylic acids is 1. The zero-order valence-corrected chi connectivity index (χ0v) is 10.7. The first-order valence-electron chi connectivity index (χ1n) is 5.75. The number of benzene rings is 1. The fraction of sp³-hybridized carbons (Fsp3) is 0.200. The maximum absolute atomic E-state index is 12.3. The summed E-state index contributed by atoms with van der Waals surface area (Å²) in [4.78, 5) is 16.4. The van der Waals surface area contributed by atoms with E-state index in [-0.39, 0.29) is 5.78 Å². The van der Waals surface area contributed by atoms with Crippen molar-refractivity contribution in [1.29, 1.82) is 0 Å². The Hall–Kier alpha value is -2.16. The molecule has 0 aliphatic carbocycles. The molecule has 0 unspecified atom stereocenters. The molecule has 3 heteroatoms. The Morgan fingerprint density at radius 3 is 2.56 bits per heavy atom. The third-order valence-corrected chi connectivity index (χ3v) is 3.02. The smallest absolute Gasteiger partial charge is 0.215 e. The van der Waals surface area contributed by atoms with Crippen LogP contribution in [0.5, 0.6) is 5.75 Å². The van der Waals surface area contributed by atoms with Gasteiger partial charge in [0, 0.05) is 6.20 Å². The molecule has 92 valence electrons. The van der Waals surface area contributed by atoms with Crippen LogP contribution in [-0.2, 0) is 0 Å². The lowest BCUT2D eigenvalue weighted by atomic mass is 10.00. The van der Waals surface area contributed by atoms with Crippen molar-refractivity contribution in [3.05, 3.63) is 58.9 Å². The van der Waals surface area contributed by atoms with E-state index in [4.69, 9.17) is 4.74 Å². The lowest BCUT2D eigenvalue weighted by Gasteiger charge is -2.12. The number of aromatic nitrogens is 1. The molecule has 0 atom stereocenters. The highest BCUT2D eigenvalue weighted by Crippen LogP contribution is 2.27. The normalized spacial score (nSPS) is 10.2. The van der Waals surface area contributed by atoms with Crippen LogP contribution in [0.15, 0.2) is 36.5 Å². The van der Waals surface area contributed by atoms with Crippen LogP contribution in [-0.4, -0.2) is 17.9 Å². The fourth-order valence-electron chi connectivity index (χ4n) is 1.87. The van der Waals surface area contributed by atoms with Crippen LogP contribution in [0.1, 0.15) is 27.2 Å². The summed E-state index contributed by atoms with van der Waals surface area (Å²) in [6.45, 7) is 3.94. The van der Waals surface area contributed by atoms with Crippen molar-refractivity contribution >= 4 is 5.78 Å². The first kappa shape index (κ1) is 12.3. The van der Waals surface area contributed by atoms with E-state index in [0.717, 1.165) is 11.1 Å². The van der Waals surface area contributed by atoms with E-state index in [9.17, 15) is 4.79 Å². The number of nitrogens with zero attached hydrogens (tertiary/aromatic N) is 1. The maximum atomic E-state index is 12.3. The Morgan fingerprint density at radius 1 is 1.17 bits per heavy atom. The van der Waals surface area contributed by atoms with Crippen molar-refractivity contribution in [2.45, 2.75) is 13.8 Å². The van der Waals surface area contributed by atoms with Crippen LogP contribution in [0, 0.1) is 13.8 Å². The first-order chi connectivity index (χ1) is 8.65. The van der Waals surface area contributed by atoms with Gasteiger partial charge in [0.2, 0.25) is 5.78 Å². The molecular weight excluding hydrogens is 226 g/mol. The molecule has 0 bridgehead atoms. The second-order valence-electron chi connectivity index (χ2n) is 4.13. The zero-order valence-electron chi connectivity index (χ0n) is 10.7. The predicted octanol–water partition coefficient (Wildman–Crippen LogP) is 2.94. The molecule has 0 aliphatic rings. The highest BCUT2D eigenvalue weighted by atomic mass is 16.5. The SMILES string of the molecule is COc1c(C(=O)c2ccccn2)ccc(C)c1C. The molecule has 1 aromatic carbocycles. The van der Waals surface area contributed by atoms with Gasteiger partial charge in [-0.05, 0) is 43.2 Å². The van der Waals surface area contributed by atoms with Gasteiger partial charge in [-0.3, -0.25) is 9.78 Å². The number of hydrogen-bond donors (Lipinski definition) is 0. The third-order valence-electron chi connectivity index (χ3n) is 3.02. The van der Waals surface area contributed by atoms with Crippen LogP contribution < -0.4 is 4.74 Å². The summed E-state index contributed by atoms with van der Waals surface area (Å²) in [6.07, 6.45) is 1.61. The summed E-state index contributed by atoms with van der Waals surface area (Å²) in [5.41, 5.74) is 3.07. The Morgan fingerprint density at radius 2 is 1.94 bits per heavy atom. The molecule has 0 saturated heterocycles. The number of carbonyl (C=O) groups is 1. The van der Waals surface area contributed by atoms with Gasteiger partial charge in [-0.2, -0.15) is 0 Å². The molecule has 0 spiro atoms. The molecule has 0 radical (unpaired) electrons. The van der Waals surface area contributed by atoms with Gasteiger partial charge in [-0.15, -0.1) is 0 Å². The van der Waals surface area contributed by atoms with E-state index in [2.05, 4.69) is 4.98 Å². The number of methoxy groups -OCH3 is 1.